The van der Waals surface area contributed by atoms with Crippen LogP contribution < -0.4 is 0 Å². The first-order chi connectivity index (χ1) is 15.7. The van der Waals surface area contributed by atoms with Crippen molar-refractivity contribution in [3.63, 3.8) is 0 Å². The third-order valence-electron chi connectivity index (χ3n) is 4.41. The van der Waals surface area contributed by atoms with Gasteiger partial charge in [-0.1, -0.05) is 6.42 Å². The van der Waals surface area contributed by atoms with Crippen molar-refractivity contribution in [3.05, 3.63) is 24.3 Å². The van der Waals surface area contributed by atoms with Gasteiger partial charge in [0.05, 0.1) is 13.2 Å². The van der Waals surface area contributed by atoms with Gasteiger partial charge in [-0.2, -0.15) is 0 Å². The molecule has 0 bridgehead atoms. The highest BCUT2D eigenvalue weighted by Crippen LogP contribution is 2.13. The lowest BCUT2D eigenvalue weighted by atomic mass is 10.1. The van der Waals surface area contributed by atoms with Gasteiger partial charge in [0.1, 0.15) is 11.2 Å². The third kappa shape index (κ3) is 15.2. The minimum Gasteiger partial charge on any atom is -0.462 e. The van der Waals surface area contributed by atoms with Crippen LogP contribution in [0.1, 0.15) is 60.8 Å². The molecule has 0 aromatic heterocycles. The zero-order valence-electron chi connectivity index (χ0n) is 21.3. The fourth-order valence-corrected chi connectivity index (χ4v) is 3.10. The highest BCUT2D eigenvalue weighted by molar-refractivity contribution is 5.92. The summed E-state index contributed by atoms with van der Waals surface area (Å²) < 4.78 is 20.8. The van der Waals surface area contributed by atoms with Crippen molar-refractivity contribution in [1.82, 2.24) is 4.90 Å². The summed E-state index contributed by atoms with van der Waals surface area (Å²) in [6.45, 7) is 12.8. The fourth-order valence-electron chi connectivity index (χ4n) is 3.10. The molecule has 0 amide bonds. The summed E-state index contributed by atoms with van der Waals surface area (Å²) in [5.74, 6) is -2.92. The van der Waals surface area contributed by atoms with Gasteiger partial charge in [-0.05, 0) is 67.5 Å². The van der Waals surface area contributed by atoms with Crippen molar-refractivity contribution in [2.45, 2.75) is 72.0 Å². The number of carbonyl (C=O) groups is 4. The number of hydrogen-bond donors (Lipinski definition) is 0. The molecule has 0 atom stereocenters. The van der Waals surface area contributed by atoms with Crippen LogP contribution in [0.3, 0.4) is 0 Å². The van der Waals surface area contributed by atoms with Crippen molar-refractivity contribution in [2.75, 3.05) is 32.8 Å². The number of hydrogen-bond acceptors (Lipinski definition) is 9. The minimum absolute atomic E-state index is 0.0110. The molecule has 0 aromatic rings. The second-order valence-corrected chi connectivity index (χ2v) is 10.2. The van der Waals surface area contributed by atoms with E-state index in [4.69, 9.17) is 18.9 Å². The van der Waals surface area contributed by atoms with Gasteiger partial charge in [-0.3, -0.25) is 0 Å². The predicted octanol–water partition coefficient (Wildman–Crippen LogP) is 2.97. The molecule has 1 aliphatic rings. The van der Waals surface area contributed by atoms with Crippen LogP contribution in [-0.4, -0.2) is 72.8 Å². The summed E-state index contributed by atoms with van der Waals surface area (Å²) >= 11 is 0. The molecule has 0 unspecified atom stereocenters. The second-order valence-electron chi connectivity index (χ2n) is 10.2. The second kappa shape index (κ2) is 13.9. The van der Waals surface area contributed by atoms with Crippen molar-refractivity contribution in [1.29, 1.82) is 0 Å². The Morgan fingerprint density at radius 3 is 1.44 bits per heavy atom. The van der Waals surface area contributed by atoms with Crippen LogP contribution in [0.5, 0.6) is 0 Å². The first-order valence-corrected chi connectivity index (χ1v) is 11.6. The van der Waals surface area contributed by atoms with Crippen molar-refractivity contribution >= 4 is 23.9 Å². The molecule has 0 spiro atoms. The quantitative estimate of drug-likeness (QED) is 0.264. The first kappa shape index (κ1) is 29.4. The van der Waals surface area contributed by atoms with E-state index in [-0.39, 0.29) is 19.1 Å². The SMILES string of the molecule is CC(C)(C)OC(=O)/C=C/C(=O)OCC(COC(=O)/C=C/C(=O)OC(C)(C)C)CN1CCCCC1. The lowest BCUT2D eigenvalue weighted by Gasteiger charge is -2.30. The topological polar surface area (TPSA) is 108 Å². The Morgan fingerprint density at radius 1 is 0.676 bits per heavy atom. The maximum atomic E-state index is 12.0. The number of piperidine rings is 1. The molecule has 1 saturated heterocycles. The number of ether oxygens (including phenoxy) is 4. The van der Waals surface area contributed by atoms with Gasteiger partial charge >= 0.3 is 23.9 Å². The van der Waals surface area contributed by atoms with E-state index in [1.807, 2.05) is 0 Å². The van der Waals surface area contributed by atoms with E-state index in [0.717, 1.165) is 50.2 Å². The van der Waals surface area contributed by atoms with Crippen molar-refractivity contribution in [3.8, 4) is 0 Å². The van der Waals surface area contributed by atoms with E-state index in [1.54, 1.807) is 41.5 Å². The molecule has 0 radical (unpaired) electrons. The van der Waals surface area contributed by atoms with Crippen LogP contribution in [-0.2, 0) is 38.1 Å². The molecular weight excluding hydrogens is 442 g/mol. The maximum Gasteiger partial charge on any atom is 0.331 e. The van der Waals surface area contributed by atoms with Crippen LogP contribution in [0.25, 0.3) is 0 Å². The van der Waals surface area contributed by atoms with Gasteiger partial charge in [0, 0.05) is 36.8 Å². The van der Waals surface area contributed by atoms with Crippen LogP contribution in [0.2, 0.25) is 0 Å². The Kier molecular flexibility index (Phi) is 12.0. The molecule has 1 heterocycles. The number of esters is 4. The van der Waals surface area contributed by atoms with Crippen LogP contribution in [0.4, 0.5) is 0 Å². The minimum atomic E-state index is -0.689. The Bertz CT molecular complexity index is 698. The van der Waals surface area contributed by atoms with Crippen LogP contribution >= 0.6 is 0 Å². The smallest absolute Gasteiger partial charge is 0.331 e. The standard InChI is InChI=1S/C25H39NO8/c1-24(2,3)33-22(29)12-10-20(27)31-17-19(16-26-14-8-7-9-15-26)18-32-21(28)11-13-23(30)34-25(4,5)6/h10-13,19H,7-9,14-18H2,1-6H3/b12-10+,13-11+. The zero-order valence-corrected chi connectivity index (χ0v) is 21.3. The molecule has 1 fully saturated rings. The van der Waals surface area contributed by atoms with E-state index >= 15 is 0 Å². The third-order valence-corrected chi connectivity index (χ3v) is 4.41. The normalized spacial score (nSPS) is 15.5. The number of rotatable bonds is 10. The highest BCUT2D eigenvalue weighted by atomic mass is 16.6. The lowest BCUT2D eigenvalue weighted by Crippen LogP contribution is -2.37. The van der Waals surface area contributed by atoms with Crippen LogP contribution in [0, 0.1) is 5.92 Å². The maximum absolute atomic E-state index is 12.0. The van der Waals surface area contributed by atoms with Gasteiger partial charge in [-0.15, -0.1) is 0 Å². The molecule has 0 aromatic carbocycles. The number of carbonyl (C=O) groups excluding carboxylic acids is 4. The summed E-state index contributed by atoms with van der Waals surface area (Å²) in [7, 11) is 0. The number of likely N-dealkylation sites (tertiary alicyclic amines) is 1. The molecule has 1 aliphatic heterocycles. The summed E-state index contributed by atoms with van der Waals surface area (Å²) in [5.41, 5.74) is -1.32. The van der Waals surface area contributed by atoms with E-state index in [9.17, 15) is 19.2 Å². The largest absolute Gasteiger partial charge is 0.462 e. The average molecular weight is 482 g/mol. The summed E-state index contributed by atoms with van der Waals surface area (Å²) in [6, 6.07) is 0. The average Bonchev–Trinajstić information content (AvgIpc) is 2.71. The fraction of sp³-hybridized carbons (Fsp3) is 0.680. The Morgan fingerprint density at radius 2 is 1.06 bits per heavy atom. The van der Waals surface area contributed by atoms with E-state index in [1.165, 1.54) is 6.42 Å². The Hall–Kier alpha value is -2.68. The molecule has 34 heavy (non-hydrogen) atoms. The molecule has 0 N–H and O–H groups in total. The molecule has 192 valence electrons. The summed E-state index contributed by atoms with van der Waals surface area (Å²) in [6.07, 6.45) is 7.43. The first-order valence-electron chi connectivity index (χ1n) is 11.6. The van der Waals surface area contributed by atoms with Gasteiger partial charge in [-0.25, -0.2) is 19.2 Å². The van der Waals surface area contributed by atoms with E-state index in [2.05, 4.69) is 4.90 Å². The lowest BCUT2D eigenvalue weighted by molar-refractivity contribution is -0.149. The van der Waals surface area contributed by atoms with E-state index < -0.39 is 35.1 Å². The predicted molar refractivity (Wildman–Crippen MR) is 126 cm³/mol. The number of nitrogens with zero attached hydrogens (tertiary/aromatic N) is 1. The molecule has 0 aliphatic carbocycles. The van der Waals surface area contributed by atoms with Crippen molar-refractivity contribution in [2.24, 2.45) is 5.92 Å². The highest BCUT2D eigenvalue weighted by Gasteiger charge is 2.20. The monoisotopic (exact) mass is 481 g/mol. The zero-order chi connectivity index (χ0) is 25.8. The van der Waals surface area contributed by atoms with E-state index in [0.29, 0.717) is 6.54 Å². The summed E-state index contributed by atoms with van der Waals surface area (Å²) in [5, 5.41) is 0. The molecule has 9 nitrogen and oxygen atoms in total. The Balaban J connectivity index is 2.60. The Labute approximate surface area is 202 Å². The van der Waals surface area contributed by atoms with Crippen molar-refractivity contribution < 1.29 is 38.1 Å². The molecule has 1 rings (SSSR count). The van der Waals surface area contributed by atoms with Gasteiger partial charge < -0.3 is 23.8 Å². The van der Waals surface area contributed by atoms with Gasteiger partial charge in [0.15, 0.2) is 0 Å². The van der Waals surface area contributed by atoms with Gasteiger partial charge in [0.2, 0.25) is 0 Å². The molecule has 9 heteroatoms. The molecular formula is C25H39NO8. The summed E-state index contributed by atoms with van der Waals surface area (Å²) in [4.78, 5) is 49.7. The van der Waals surface area contributed by atoms with Gasteiger partial charge in [0.25, 0.3) is 0 Å². The molecule has 0 saturated carbocycles. The van der Waals surface area contributed by atoms with Crippen LogP contribution in [0.15, 0.2) is 24.3 Å².